The van der Waals surface area contributed by atoms with Gasteiger partial charge in [-0.25, -0.2) is 0 Å². The molecule has 2 rings (SSSR count). The maximum absolute atomic E-state index is 12.1. The minimum Gasteiger partial charge on any atom is -0.352 e. The second kappa shape index (κ2) is 6.38. The third-order valence-corrected chi connectivity index (χ3v) is 3.94. The minimum absolute atomic E-state index is 0.120. The van der Waals surface area contributed by atoms with Crippen LogP contribution in [0.5, 0.6) is 0 Å². The highest BCUT2D eigenvalue weighted by atomic mass is 16.1. The minimum atomic E-state index is -0.588. The molecule has 0 saturated heterocycles. The van der Waals surface area contributed by atoms with Crippen LogP contribution in [0.3, 0.4) is 0 Å². The first-order valence-corrected chi connectivity index (χ1v) is 6.94. The highest BCUT2D eigenvalue weighted by Crippen LogP contribution is 2.25. The fourth-order valence-corrected chi connectivity index (χ4v) is 2.69. The van der Waals surface area contributed by atoms with E-state index in [9.17, 15) is 10.1 Å². The average Bonchev–Trinajstić information content (AvgIpc) is 2.82. The van der Waals surface area contributed by atoms with Crippen LogP contribution in [0.4, 0.5) is 0 Å². The molecule has 0 aliphatic heterocycles. The van der Waals surface area contributed by atoms with Crippen LogP contribution in [0.15, 0.2) is 30.3 Å². The van der Waals surface area contributed by atoms with E-state index in [0.717, 1.165) is 12.0 Å². The smallest absolute Gasteiger partial charge is 0.237 e. The summed E-state index contributed by atoms with van der Waals surface area (Å²) in [4.78, 5) is 12.1. The highest BCUT2D eigenvalue weighted by Gasteiger charge is 2.27. The Bertz CT molecular complexity index is 463. The van der Waals surface area contributed by atoms with Gasteiger partial charge in [0.05, 0.1) is 6.07 Å². The van der Waals surface area contributed by atoms with Crippen LogP contribution in [0.1, 0.15) is 31.7 Å². The van der Waals surface area contributed by atoms with E-state index >= 15 is 0 Å². The lowest BCUT2D eigenvalue weighted by molar-refractivity contribution is -0.124. The lowest BCUT2D eigenvalue weighted by Gasteiger charge is -2.19. The molecule has 3 atom stereocenters. The Kier molecular flexibility index (Phi) is 4.57. The molecule has 3 heteroatoms. The van der Waals surface area contributed by atoms with Crippen LogP contribution >= 0.6 is 0 Å². The van der Waals surface area contributed by atoms with Gasteiger partial charge in [-0.1, -0.05) is 43.7 Å². The molecule has 0 bridgehead atoms. The molecule has 1 amide bonds. The Hall–Kier alpha value is -1.82. The van der Waals surface area contributed by atoms with Crippen LogP contribution in [0.2, 0.25) is 0 Å². The molecule has 1 N–H and O–H groups in total. The number of benzene rings is 1. The first-order chi connectivity index (χ1) is 9.20. The van der Waals surface area contributed by atoms with Gasteiger partial charge < -0.3 is 5.32 Å². The molecule has 100 valence electrons. The number of nitrogens with zero attached hydrogens (tertiary/aromatic N) is 1. The molecule has 1 aliphatic carbocycles. The molecule has 1 aromatic carbocycles. The van der Waals surface area contributed by atoms with Crippen LogP contribution in [0.25, 0.3) is 0 Å². The number of carbonyl (C=O) groups excluding carboxylic acids is 1. The van der Waals surface area contributed by atoms with Gasteiger partial charge in [0.15, 0.2) is 0 Å². The number of carbonyl (C=O) groups is 1. The average molecular weight is 256 g/mol. The largest absolute Gasteiger partial charge is 0.352 e. The van der Waals surface area contributed by atoms with Crippen LogP contribution in [-0.4, -0.2) is 11.9 Å². The monoisotopic (exact) mass is 256 g/mol. The van der Waals surface area contributed by atoms with Gasteiger partial charge in [0.1, 0.15) is 5.92 Å². The molecule has 3 nitrogen and oxygen atoms in total. The van der Waals surface area contributed by atoms with Crippen LogP contribution in [0, 0.1) is 23.2 Å². The molecule has 0 spiro atoms. The van der Waals surface area contributed by atoms with E-state index in [2.05, 4.69) is 18.3 Å². The maximum atomic E-state index is 12.1. The molecule has 1 saturated carbocycles. The first kappa shape index (κ1) is 13.6. The summed E-state index contributed by atoms with van der Waals surface area (Å²) < 4.78 is 0. The summed E-state index contributed by atoms with van der Waals surface area (Å²) in [7, 11) is 0. The molecule has 1 fully saturated rings. The van der Waals surface area contributed by atoms with E-state index < -0.39 is 5.92 Å². The van der Waals surface area contributed by atoms with Gasteiger partial charge in [0, 0.05) is 6.04 Å². The van der Waals surface area contributed by atoms with E-state index in [1.807, 2.05) is 30.3 Å². The summed E-state index contributed by atoms with van der Waals surface area (Å²) in [6.07, 6.45) is 3.86. The number of hydrogen-bond acceptors (Lipinski definition) is 2. The van der Waals surface area contributed by atoms with Crippen molar-refractivity contribution in [3.05, 3.63) is 35.9 Å². The Morgan fingerprint density at radius 2 is 2.16 bits per heavy atom. The van der Waals surface area contributed by atoms with Crippen LogP contribution in [-0.2, 0) is 11.2 Å². The highest BCUT2D eigenvalue weighted by molar-refractivity contribution is 5.81. The third-order valence-electron chi connectivity index (χ3n) is 3.94. The topological polar surface area (TPSA) is 52.9 Å². The summed E-state index contributed by atoms with van der Waals surface area (Å²) in [5.74, 6) is -0.180. The first-order valence-electron chi connectivity index (χ1n) is 6.94. The van der Waals surface area contributed by atoms with E-state index in [0.29, 0.717) is 12.3 Å². The van der Waals surface area contributed by atoms with Crippen molar-refractivity contribution in [2.24, 2.45) is 11.8 Å². The summed E-state index contributed by atoms with van der Waals surface area (Å²) in [5, 5.41) is 12.2. The van der Waals surface area contributed by atoms with Crippen molar-refractivity contribution in [1.82, 2.24) is 5.32 Å². The van der Waals surface area contributed by atoms with Crippen molar-refractivity contribution in [2.45, 2.75) is 38.6 Å². The lowest BCUT2D eigenvalue weighted by Crippen LogP contribution is -2.40. The second-order valence-electron chi connectivity index (χ2n) is 5.39. The Labute approximate surface area is 114 Å². The summed E-state index contributed by atoms with van der Waals surface area (Å²) in [6.45, 7) is 2.16. The van der Waals surface area contributed by atoms with Crippen molar-refractivity contribution >= 4 is 5.91 Å². The molecule has 19 heavy (non-hydrogen) atoms. The van der Waals surface area contributed by atoms with Gasteiger partial charge >= 0.3 is 0 Å². The summed E-state index contributed by atoms with van der Waals surface area (Å²) in [6, 6.07) is 12.1. The van der Waals surface area contributed by atoms with Gasteiger partial charge in [0.2, 0.25) is 5.91 Å². The number of nitriles is 1. The number of nitrogens with one attached hydrogen (secondary N) is 1. The number of rotatable bonds is 4. The predicted octanol–water partition coefficient (Wildman–Crippen LogP) is 2.67. The van der Waals surface area contributed by atoms with Gasteiger partial charge in [0.25, 0.3) is 0 Å². The molecule has 0 aromatic heterocycles. The van der Waals surface area contributed by atoms with Gasteiger partial charge in [-0.15, -0.1) is 0 Å². The zero-order valence-corrected chi connectivity index (χ0v) is 11.3. The van der Waals surface area contributed by atoms with Crippen molar-refractivity contribution in [3.63, 3.8) is 0 Å². The van der Waals surface area contributed by atoms with Crippen molar-refractivity contribution < 1.29 is 4.79 Å². The quantitative estimate of drug-likeness (QED) is 0.900. The molecule has 1 aliphatic rings. The summed E-state index contributed by atoms with van der Waals surface area (Å²) in [5.41, 5.74) is 1.03. The maximum Gasteiger partial charge on any atom is 0.237 e. The zero-order chi connectivity index (χ0) is 13.7. The van der Waals surface area contributed by atoms with Crippen molar-refractivity contribution in [2.75, 3.05) is 0 Å². The standard InChI is InChI=1S/C16H20N2O/c1-12-6-5-9-15(12)18-16(19)14(11-17)10-13-7-3-2-4-8-13/h2-4,7-8,12,14-15H,5-6,9-10H2,1H3,(H,18,19). The second-order valence-corrected chi connectivity index (χ2v) is 5.39. The molecular formula is C16H20N2O. The Morgan fingerprint density at radius 3 is 2.74 bits per heavy atom. The van der Waals surface area contributed by atoms with Gasteiger partial charge in [-0.3, -0.25) is 4.79 Å². The molecule has 0 radical (unpaired) electrons. The molecular weight excluding hydrogens is 236 g/mol. The third kappa shape index (κ3) is 3.57. The van der Waals surface area contributed by atoms with Gasteiger partial charge in [-0.05, 0) is 30.7 Å². The normalized spacial score (nSPS) is 23.6. The van der Waals surface area contributed by atoms with E-state index in [-0.39, 0.29) is 11.9 Å². The van der Waals surface area contributed by atoms with Crippen molar-refractivity contribution in [3.8, 4) is 6.07 Å². The van der Waals surface area contributed by atoms with Crippen molar-refractivity contribution in [1.29, 1.82) is 5.26 Å². The lowest BCUT2D eigenvalue weighted by atomic mass is 9.98. The molecule has 0 heterocycles. The van der Waals surface area contributed by atoms with Gasteiger partial charge in [-0.2, -0.15) is 5.26 Å². The van der Waals surface area contributed by atoms with E-state index in [1.165, 1.54) is 12.8 Å². The van der Waals surface area contributed by atoms with Crippen LogP contribution < -0.4 is 5.32 Å². The Morgan fingerprint density at radius 1 is 1.42 bits per heavy atom. The summed E-state index contributed by atoms with van der Waals surface area (Å²) >= 11 is 0. The SMILES string of the molecule is CC1CCCC1NC(=O)C(C#N)Cc1ccccc1. The molecule has 1 aromatic rings. The fourth-order valence-electron chi connectivity index (χ4n) is 2.69. The zero-order valence-electron chi connectivity index (χ0n) is 11.3. The fraction of sp³-hybridized carbons (Fsp3) is 0.500. The molecule has 3 unspecified atom stereocenters. The predicted molar refractivity (Wildman–Crippen MR) is 74.2 cm³/mol. The number of amides is 1. The van der Waals surface area contributed by atoms with E-state index in [1.54, 1.807) is 0 Å². The number of hydrogen-bond donors (Lipinski definition) is 1. The Balaban J connectivity index is 1.94. The van der Waals surface area contributed by atoms with E-state index in [4.69, 9.17) is 0 Å².